The van der Waals surface area contributed by atoms with Crippen molar-refractivity contribution in [2.24, 2.45) is 0 Å². The van der Waals surface area contributed by atoms with Crippen molar-refractivity contribution in [3.8, 4) is 10.6 Å². The van der Waals surface area contributed by atoms with E-state index in [2.05, 4.69) is 51.1 Å². The molecule has 0 aliphatic rings. The van der Waals surface area contributed by atoms with Crippen LogP contribution in [0.4, 0.5) is 0 Å². The van der Waals surface area contributed by atoms with Crippen molar-refractivity contribution >= 4 is 34.0 Å². The molecule has 0 saturated carbocycles. The van der Waals surface area contributed by atoms with Crippen LogP contribution in [-0.4, -0.2) is 4.98 Å². The molecule has 1 nitrogen and oxygen atoms in total. The molecule has 0 bridgehead atoms. The van der Waals surface area contributed by atoms with E-state index < -0.39 is 0 Å². The summed E-state index contributed by atoms with van der Waals surface area (Å²) in [4.78, 5) is 4.75. The lowest BCUT2D eigenvalue weighted by molar-refractivity contribution is 1.31. The Kier molecular flexibility index (Phi) is 3.93. The molecule has 0 aliphatic carbocycles. The molecule has 3 aromatic rings. The average molecular weight is 290 g/mol. The zero-order valence-corrected chi connectivity index (χ0v) is 12.9. The first-order chi connectivity index (χ1) is 8.65. The van der Waals surface area contributed by atoms with Crippen molar-refractivity contribution in [3.63, 3.8) is 0 Å². The molecule has 0 N–H and O–H groups in total. The smallest absolute Gasteiger partial charge is 0.125 e. The van der Waals surface area contributed by atoms with E-state index in [1.54, 1.807) is 11.3 Å². The Balaban J connectivity index is 0.00000133. The third kappa shape index (κ3) is 2.51. The minimum atomic E-state index is 0. The molecule has 0 unspecified atom stereocenters. The van der Waals surface area contributed by atoms with Gasteiger partial charge in [0.15, 0.2) is 0 Å². The molecule has 1 aromatic heterocycles. The maximum absolute atomic E-state index is 4.75. The lowest BCUT2D eigenvalue weighted by Gasteiger charge is -2.08. The first-order valence-electron chi connectivity index (χ1n) is 6.09. The zero-order chi connectivity index (χ0) is 12.7. The monoisotopic (exact) mass is 289 g/mol. The Morgan fingerprint density at radius 3 is 2.21 bits per heavy atom. The summed E-state index contributed by atoms with van der Waals surface area (Å²) in [6.45, 7) is 6.48. The van der Waals surface area contributed by atoms with Crippen LogP contribution in [0.1, 0.15) is 16.7 Å². The van der Waals surface area contributed by atoms with E-state index in [-0.39, 0.29) is 12.4 Å². The fourth-order valence-electron chi connectivity index (χ4n) is 2.50. The quantitative estimate of drug-likeness (QED) is 0.591. The van der Waals surface area contributed by atoms with Crippen molar-refractivity contribution in [1.29, 1.82) is 0 Å². The molecule has 3 heteroatoms. The van der Waals surface area contributed by atoms with E-state index in [0.29, 0.717) is 0 Å². The van der Waals surface area contributed by atoms with Gasteiger partial charge in [0.1, 0.15) is 5.01 Å². The van der Waals surface area contributed by atoms with E-state index >= 15 is 0 Å². The van der Waals surface area contributed by atoms with Gasteiger partial charge >= 0.3 is 0 Å². The lowest BCUT2D eigenvalue weighted by Crippen LogP contribution is -1.89. The first-order valence-corrected chi connectivity index (χ1v) is 6.90. The number of fused-ring (bicyclic) bond motifs is 1. The standard InChI is InChI=1S/C16H15NS.ClH/c1-10-8-11(2)15(12(3)9-10)16-17-13-6-4-5-7-14(13)18-16;/h4-9H,1-3H3;1H. The molecule has 0 aliphatic heterocycles. The van der Waals surface area contributed by atoms with Gasteiger partial charge in [0.05, 0.1) is 10.2 Å². The number of aromatic nitrogens is 1. The largest absolute Gasteiger partial charge is 0.236 e. The van der Waals surface area contributed by atoms with E-state index in [1.165, 1.54) is 27.0 Å². The molecule has 0 radical (unpaired) electrons. The summed E-state index contributed by atoms with van der Waals surface area (Å²) < 4.78 is 1.26. The molecular weight excluding hydrogens is 274 g/mol. The van der Waals surface area contributed by atoms with Crippen LogP contribution in [-0.2, 0) is 0 Å². The van der Waals surface area contributed by atoms with Crippen LogP contribution in [0.15, 0.2) is 36.4 Å². The summed E-state index contributed by atoms with van der Waals surface area (Å²) in [7, 11) is 0. The molecule has 0 amide bonds. The Morgan fingerprint density at radius 2 is 1.58 bits per heavy atom. The Morgan fingerprint density at radius 1 is 0.947 bits per heavy atom. The van der Waals surface area contributed by atoms with Gasteiger partial charge in [0, 0.05) is 5.56 Å². The van der Waals surface area contributed by atoms with E-state index in [1.807, 2.05) is 6.07 Å². The highest BCUT2D eigenvalue weighted by atomic mass is 35.5. The van der Waals surface area contributed by atoms with Crippen LogP contribution in [0.2, 0.25) is 0 Å². The summed E-state index contributed by atoms with van der Waals surface area (Å²) in [5, 5.41) is 1.13. The summed E-state index contributed by atoms with van der Waals surface area (Å²) in [6.07, 6.45) is 0. The summed E-state index contributed by atoms with van der Waals surface area (Å²) in [5.74, 6) is 0. The highest BCUT2D eigenvalue weighted by Gasteiger charge is 2.11. The van der Waals surface area contributed by atoms with E-state index in [0.717, 1.165) is 10.5 Å². The molecular formula is C16H16ClNS. The summed E-state index contributed by atoms with van der Waals surface area (Å²) >= 11 is 1.77. The van der Waals surface area contributed by atoms with Crippen molar-refractivity contribution in [3.05, 3.63) is 53.1 Å². The number of hydrogen-bond donors (Lipinski definition) is 0. The molecule has 19 heavy (non-hydrogen) atoms. The fraction of sp³-hybridized carbons (Fsp3) is 0.188. The van der Waals surface area contributed by atoms with Gasteiger partial charge < -0.3 is 0 Å². The van der Waals surface area contributed by atoms with E-state index in [4.69, 9.17) is 4.98 Å². The maximum atomic E-state index is 4.75. The highest BCUT2D eigenvalue weighted by Crippen LogP contribution is 2.34. The lowest BCUT2D eigenvalue weighted by atomic mass is 10.0. The number of nitrogens with zero attached hydrogens (tertiary/aromatic N) is 1. The van der Waals surface area contributed by atoms with E-state index in [9.17, 15) is 0 Å². The Labute approximate surface area is 123 Å². The van der Waals surface area contributed by atoms with Gasteiger partial charge in [-0.25, -0.2) is 4.98 Å². The Hall–Kier alpha value is -1.38. The second-order valence-electron chi connectivity index (χ2n) is 4.76. The minimum absolute atomic E-state index is 0. The average Bonchev–Trinajstić information content (AvgIpc) is 2.70. The molecule has 0 atom stereocenters. The first kappa shape index (κ1) is 14.0. The number of hydrogen-bond acceptors (Lipinski definition) is 2. The summed E-state index contributed by atoms with van der Waals surface area (Å²) in [5.41, 5.74) is 6.33. The minimum Gasteiger partial charge on any atom is -0.236 e. The van der Waals surface area contributed by atoms with Crippen LogP contribution in [0.25, 0.3) is 20.8 Å². The Bertz CT molecular complexity index is 674. The third-order valence-corrected chi connectivity index (χ3v) is 4.24. The molecule has 0 fully saturated rings. The van der Waals surface area contributed by atoms with Crippen molar-refractivity contribution < 1.29 is 0 Å². The third-order valence-electron chi connectivity index (χ3n) is 3.18. The van der Waals surface area contributed by atoms with Gasteiger partial charge in [0.25, 0.3) is 0 Å². The second-order valence-corrected chi connectivity index (χ2v) is 5.79. The van der Waals surface area contributed by atoms with Gasteiger partial charge in [-0.3, -0.25) is 0 Å². The van der Waals surface area contributed by atoms with Crippen LogP contribution in [0, 0.1) is 20.8 Å². The van der Waals surface area contributed by atoms with Crippen molar-refractivity contribution in [2.75, 3.05) is 0 Å². The summed E-state index contributed by atoms with van der Waals surface area (Å²) in [6, 6.07) is 12.8. The number of aryl methyl sites for hydroxylation is 3. The van der Waals surface area contributed by atoms with Crippen LogP contribution in [0.5, 0.6) is 0 Å². The molecule has 3 rings (SSSR count). The predicted molar refractivity (Wildman–Crippen MR) is 86.5 cm³/mol. The molecule has 98 valence electrons. The molecule has 0 spiro atoms. The van der Waals surface area contributed by atoms with Gasteiger partial charge in [-0.2, -0.15) is 0 Å². The van der Waals surface area contributed by atoms with Gasteiger partial charge in [-0.1, -0.05) is 29.8 Å². The predicted octanol–water partition coefficient (Wildman–Crippen LogP) is 5.31. The van der Waals surface area contributed by atoms with Gasteiger partial charge in [0.2, 0.25) is 0 Å². The van der Waals surface area contributed by atoms with Crippen molar-refractivity contribution in [1.82, 2.24) is 4.98 Å². The van der Waals surface area contributed by atoms with Crippen LogP contribution < -0.4 is 0 Å². The molecule has 0 saturated heterocycles. The van der Waals surface area contributed by atoms with Crippen LogP contribution in [0.3, 0.4) is 0 Å². The topological polar surface area (TPSA) is 12.9 Å². The number of benzene rings is 2. The normalized spacial score (nSPS) is 10.5. The maximum Gasteiger partial charge on any atom is 0.125 e. The fourth-order valence-corrected chi connectivity index (χ4v) is 3.64. The molecule has 1 heterocycles. The van der Waals surface area contributed by atoms with Gasteiger partial charge in [-0.05, 0) is 44.0 Å². The van der Waals surface area contributed by atoms with Crippen LogP contribution >= 0.6 is 23.7 Å². The highest BCUT2D eigenvalue weighted by molar-refractivity contribution is 7.21. The SMILES string of the molecule is Cc1cc(C)c(-c2nc3ccccc3s2)c(C)c1.Cl. The number of thiazole rings is 1. The van der Waals surface area contributed by atoms with Crippen molar-refractivity contribution in [2.45, 2.75) is 20.8 Å². The number of para-hydroxylation sites is 1. The zero-order valence-electron chi connectivity index (χ0n) is 11.2. The van der Waals surface area contributed by atoms with Gasteiger partial charge in [-0.15, -0.1) is 23.7 Å². The number of rotatable bonds is 1. The second kappa shape index (κ2) is 5.32. The number of halogens is 1. The molecule has 2 aromatic carbocycles.